The highest BCUT2D eigenvalue weighted by atomic mass is 16.5. The molecule has 0 heterocycles. The first-order valence-electron chi connectivity index (χ1n) is 15.2. The molecule has 1 aliphatic carbocycles. The molecular weight excluding hydrogens is 603 g/mol. The summed E-state index contributed by atoms with van der Waals surface area (Å²) >= 11 is 0. The third kappa shape index (κ3) is 10.2. The first-order valence-corrected chi connectivity index (χ1v) is 15.2. The first-order chi connectivity index (χ1) is 22.6. The largest absolute Gasteiger partial charge is 0.494 e. The highest BCUT2D eigenvalue weighted by molar-refractivity contribution is 6.58. The van der Waals surface area contributed by atoms with E-state index in [2.05, 4.69) is 6.58 Å². The van der Waals surface area contributed by atoms with Gasteiger partial charge in [-0.1, -0.05) is 30.8 Å². The van der Waals surface area contributed by atoms with Gasteiger partial charge in [-0.15, -0.1) is 0 Å². The Balaban J connectivity index is 1.25. The Labute approximate surface area is 274 Å². The lowest BCUT2D eigenvalue weighted by atomic mass is 9.80. The number of carbonyl (C=O) groups is 3. The van der Waals surface area contributed by atoms with Crippen LogP contribution < -0.4 is 14.9 Å². The lowest BCUT2D eigenvalue weighted by Gasteiger charge is -2.22. The molecule has 3 aromatic rings. The average Bonchev–Trinajstić information content (AvgIpc) is 3.09. The minimum absolute atomic E-state index is 0.266. The summed E-state index contributed by atoms with van der Waals surface area (Å²) in [5.74, 6) is 0.803. The Hall–Kier alpha value is -5.13. The molecule has 0 saturated carbocycles. The van der Waals surface area contributed by atoms with Crippen molar-refractivity contribution in [1.29, 1.82) is 0 Å². The van der Waals surface area contributed by atoms with Gasteiger partial charge in [0.15, 0.2) is 0 Å². The summed E-state index contributed by atoms with van der Waals surface area (Å²) in [4.78, 5) is 36.8. The summed E-state index contributed by atoms with van der Waals surface area (Å²) in [6.45, 7) is 8.01. The molecule has 0 spiro atoms. The maximum atomic E-state index is 12.9. The number of unbranched alkanes of at least 4 members (excludes halogenated alkanes) is 1. The van der Waals surface area contributed by atoms with E-state index in [0.29, 0.717) is 78.5 Å². The maximum absolute atomic E-state index is 12.9. The topological polar surface area (TPSA) is 138 Å². The van der Waals surface area contributed by atoms with Gasteiger partial charge >= 0.3 is 25.0 Å². The number of hydrogen-bond acceptors (Lipinski definition) is 10. The van der Waals surface area contributed by atoms with E-state index in [1.54, 1.807) is 72.8 Å². The van der Waals surface area contributed by atoms with Crippen LogP contribution in [0.25, 0.3) is 0 Å². The summed E-state index contributed by atoms with van der Waals surface area (Å²) in [5, 5.41) is 18.4. The first kappa shape index (κ1) is 34.7. The number of esters is 3. The van der Waals surface area contributed by atoms with Crippen LogP contribution in [0.15, 0.2) is 108 Å². The van der Waals surface area contributed by atoms with E-state index in [0.717, 1.165) is 22.8 Å². The van der Waals surface area contributed by atoms with Gasteiger partial charge in [-0.2, -0.15) is 0 Å². The fourth-order valence-electron chi connectivity index (χ4n) is 4.57. The third-order valence-electron chi connectivity index (χ3n) is 7.49. The van der Waals surface area contributed by atoms with Crippen LogP contribution in [0, 0.1) is 0 Å². The van der Waals surface area contributed by atoms with Crippen LogP contribution >= 0.6 is 0 Å². The monoisotopic (exact) mass is 640 g/mol. The standard InChI is InChI=1S/C36H37BO10/c1-4-34(38)44-22-6-5-21-43-30-15-11-28(12-16-30)36(40)47-33-20-19-32(24(2)25(33)3)46-35(39)27-9-7-26(8-10-27)23-45-31-17-13-29(14-18-31)37(41)42/h4,7-18,41-42H,1,5-6,19-23H2,2-3H3. The van der Waals surface area contributed by atoms with E-state index >= 15 is 0 Å². The van der Waals surface area contributed by atoms with E-state index in [9.17, 15) is 24.4 Å². The van der Waals surface area contributed by atoms with E-state index in [4.69, 9.17) is 23.7 Å². The van der Waals surface area contributed by atoms with Crippen molar-refractivity contribution in [2.45, 2.75) is 46.1 Å². The van der Waals surface area contributed by atoms with Crippen molar-refractivity contribution < 1.29 is 48.1 Å². The molecule has 4 rings (SSSR count). The van der Waals surface area contributed by atoms with Crippen LogP contribution in [0.5, 0.6) is 11.5 Å². The average molecular weight is 640 g/mol. The fraction of sp³-hybridized carbons (Fsp3) is 0.250. The van der Waals surface area contributed by atoms with Crippen molar-refractivity contribution in [2.75, 3.05) is 13.2 Å². The predicted molar refractivity (Wildman–Crippen MR) is 175 cm³/mol. The van der Waals surface area contributed by atoms with Gasteiger partial charge in [0.05, 0.1) is 24.3 Å². The smallest absolute Gasteiger partial charge is 0.488 e. The number of ether oxygens (including phenoxy) is 5. The molecule has 0 aromatic heterocycles. The summed E-state index contributed by atoms with van der Waals surface area (Å²) in [7, 11) is -1.53. The van der Waals surface area contributed by atoms with Crippen molar-refractivity contribution in [3.05, 3.63) is 125 Å². The van der Waals surface area contributed by atoms with Crippen molar-refractivity contribution >= 4 is 30.5 Å². The number of carbonyl (C=O) groups excluding carboxylic acids is 3. The maximum Gasteiger partial charge on any atom is 0.488 e. The third-order valence-corrected chi connectivity index (χ3v) is 7.49. The molecule has 0 bridgehead atoms. The summed E-state index contributed by atoms with van der Waals surface area (Å²) in [6, 6.07) is 20.0. The molecule has 0 atom stereocenters. The van der Waals surface area contributed by atoms with Gasteiger partial charge in [0.2, 0.25) is 0 Å². The second-order valence-electron chi connectivity index (χ2n) is 10.8. The van der Waals surface area contributed by atoms with Crippen molar-refractivity contribution in [3.8, 4) is 11.5 Å². The zero-order valence-corrected chi connectivity index (χ0v) is 26.4. The molecular formula is C36H37BO10. The van der Waals surface area contributed by atoms with E-state index in [-0.39, 0.29) is 6.61 Å². The van der Waals surface area contributed by atoms with Gasteiger partial charge in [0, 0.05) is 18.9 Å². The van der Waals surface area contributed by atoms with E-state index < -0.39 is 25.0 Å². The predicted octanol–water partition coefficient (Wildman–Crippen LogP) is 5.19. The molecule has 10 nitrogen and oxygen atoms in total. The molecule has 0 amide bonds. The molecule has 244 valence electrons. The Bertz CT molecular complexity index is 1620. The highest BCUT2D eigenvalue weighted by Crippen LogP contribution is 2.32. The second-order valence-corrected chi connectivity index (χ2v) is 10.8. The van der Waals surface area contributed by atoms with Crippen molar-refractivity contribution in [1.82, 2.24) is 0 Å². The number of benzene rings is 3. The van der Waals surface area contributed by atoms with Gasteiger partial charge in [-0.25, -0.2) is 14.4 Å². The second kappa shape index (κ2) is 17.0. The minimum atomic E-state index is -1.53. The molecule has 0 aliphatic heterocycles. The van der Waals surface area contributed by atoms with Gasteiger partial charge in [-0.3, -0.25) is 0 Å². The van der Waals surface area contributed by atoms with Gasteiger partial charge in [0.25, 0.3) is 0 Å². The Kier molecular flexibility index (Phi) is 12.5. The molecule has 11 heteroatoms. The summed E-state index contributed by atoms with van der Waals surface area (Å²) < 4.78 is 27.8. The van der Waals surface area contributed by atoms with Crippen LogP contribution in [0.4, 0.5) is 0 Å². The molecule has 1 aliphatic rings. The van der Waals surface area contributed by atoms with Crippen LogP contribution in [-0.4, -0.2) is 48.3 Å². The summed E-state index contributed by atoms with van der Waals surface area (Å²) in [6.07, 6.45) is 3.28. The van der Waals surface area contributed by atoms with Crippen LogP contribution in [0.2, 0.25) is 0 Å². The normalized spacial score (nSPS) is 12.7. The molecule has 0 fully saturated rings. The Morgan fingerprint density at radius 2 is 1.21 bits per heavy atom. The molecule has 3 aromatic carbocycles. The lowest BCUT2D eigenvalue weighted by molar-refractivity contribution is -0.137. The number of rotatable bonds is 15. The van der Waals surface area contributed by atoms with Gasteiger partial charge in [0.1, 0.15) is 29.6 Å². The van der Waals surface area contributed by atoms with Gasteiger partial charge < -0.3 is 33.7 Å². The zero-order chi connectivity index (χ0) is 33.8. The fourth-order valence-corrected chi connectivity index (χ4v) is 4.57. The molecule has 47 heavy (non-hydrogen) atoms. The number of hydrogen-bond donors (Lipinski definition) is 2. The Morgan fingerprint density at radius 1 is 0.723 bits per heavy atom. The molecule has 0 saturated heterocycles. The molecule has 2 N–H and O–H groups in total. The van der Waals surface area contributed by atoms with Crippen LogP contribution in [0.3, 0.4) is 0 Å². The highest BCUT2D eigenvalue weighted by Gasteiger charge is 2.23. The summed E-state index contributed by atoms with van der Waals surface area (Å²) in [5.41, 5.74) is 3.45. The molecule has 0 unspecified atom stereocenters. The quantitative estimate of drug-likeness (QED) is 0.0751. The van der Waals surface area contributed by atoms with E-state index in [1.807, 2.05) is 13.8 Å². The Morgan fingerprint density at radius 3 is 1.74 bits per heavy atom. The molecule has 0 radical (unpaired) electrons. The van der Waals surface area contributed by atoms with Gasteiger partial charge in [-0.05, 0) is 97.4 Å². The van der Waals surface area contributed by atoms with E-state index in [1.165, 1.54) is 0 Å². The van der Waals surface area contributed by atoms with Crippen molar-refractivity contribution in [3.63, 3.8) is 0 Å². The zero-order valence-electron chi connectivity index (χ0n) is 26.4. The minimum Gasteiger partial charge on any atom is -0.494 e. The number of allylic oxidation sites excluding steroid dienone is 4. The van der Waals surface area contributed by atoms with Crippen molar-refractivity contribution in [2.24, 2.45) is 0 Å². The lowest BCUT2D eigenvalue weighted by Crippen LogP contribution is -2.29. The van der Waals surface area contributed by atoms with Crippen LogP contribution in [0.1, 0.15) is 65.8 Å². The SMILES string of the molecule is C=CC(=O)OCCCCOc1ccc(C(=O)OC2=C(C)C(C)=C(OC(=O)c3ccc(COc4ccc(B(O)O)cc4)cc3)CC2)cc1. The van der Waals surface area contributed by atoms with Crippen LogP contribution in [-0.2, 0) is 25.6 Å².